The van der Waals surface area contributed by atoms with E-state index < -0.39 is 0 Å². The first kappa shape index (κ1) is 18.6. The van der Waals surface area contributed by atoms with Crippen molar-refractivity contribution in [1.82, 2.24) is 10.2 Å². The van der Waals surface area contributed by atoms with Crippen LogP contribution in [0, 0.1) is 0 Å². The van der Waals surface area contributed by atoms with Gasteiger partial charge >= 0.3 is 6.03 Å². The minimum absolute atomic E-state index is 0.0115. The fourth-order valence-corrected chi connectivity index (χ4v) is 3.81. The predicted molar refractivity (Wildman–Crippen MR) is 105 cm³/mol. The van der Waals surface area contributed by atoms with Crippen molar-refractivity contribution < 1.29 is 14.3 Å². The Labute approximate surface area is 162 Å². The third kappa shape index (κ3) is 4.12. The molecule has 2 amide bonds. The van der Waals surface area contributed by atoms with E-state index >= 15 is 0 Å². The van der Waals surface area contributed by atoms with E-state index in [1.165, 1.54) is 0 Å². The van der Waals surface area contributed by atoms with Crippen LogP contribution in [-0.4, -0.2) is 31.7 Å². The summed E-state index contributed by atoms with van der Waals surface area (Å²) in [6.07, 6.45) is 1.88. The lowest BCUT2D eigenvalue weighted by atomic mass is 10.0. The molecule has 2 aromatic carbocycles. The van der Waals surface area contributed by atoms with Crippen LogP contribution in [0.3, 0.4) is 0 Å². The number of ether oxygens (including phenoxy) is 2. The van der Waals surface area contributed by atoms with Crippen molar-refractivity contribution in [1.29, 1.82) is 0 Å². The summed E-state index contributed by atoms with van der Waals surface area (Å²) in [6.45, 7) is 1.23. The summed E-state index contributed by atoms with van der Waals surface area (Å²) in [7, 11) is 3.29. The molecule has 26 heavy (non-hydrogen) atoms. The van der Waals surface area contributed by atoms with Crippen LogP contribution in [0.4, 0.5) is 4.79 Å². The number of hydrogen-bond donors (Lipinski definition) is 1. The third-order valence-corrected chi connectivity index (χ3v) is 5.14. The van der Waals surface area contributed by atoms with Crippen LogP contribution in [0.25, 0.3) is 0 Å². The van der Waals surface area contributed by atoms with Gasteiger partial charge in [-0.2, -0.15) is 0 Å². The van der Waals surface area contributed by atoms with Crippen LogP contribution in [0.5, 0.6) is 11.5 Å². The lowest BCUT2D eigenvalue weighted by molar-refractivity contribution is 0.191. The summed E-state index contributed by atoms with van der Waals surface area (Å²) in [6, 6.07) is 13.6. The molecule has 0 saturated carbocycles. The van der Waals surface area contributed by atoms with E-state index in [0.29, 0.717) is 6.54 Å². The number of nitrogens with one attached hydrogen (secondary N) is 1. The second-order valence-corrected chi connectivity index (χ2v) is 7.16. The first-order chi connectivity index (χ1) is 12.6. The van der Waals surface area contributed by atoms with Crippen LogP contribution in [0.1, 0.15) is 30.0 Å². The van der Waals surface area contributed by atoms with Crippen molar-refractivity contribution in [3.05, 3.63) is 58.1 Å². The zero-order valence-corrected chi connectivity index (χ0v) is 16.6. The highest BCUT2D eigenvalue weighted by atomic mass is 79.9. The molecule has 1 heterocycles. The number of carbonyl (C=O) groups is 1. The number of carbonyl (C=O) groups excluding carboxylic acids is 1. The fourth-order valence-electron chi connectivity index (χ4n) is 3.36. The SMILES string of the molecule is COc1ccc(OC)c(C2CCCN2C(=O)NCc2cccc(Br)c2)c1. The zero-order valence-electron chi connectivity index (χ0n) is 15.0. The minimum atomic E-state index is -0.0580. The van der Waals surface area contributed by atoms with Gasteiger partial charge in [0.25, 0.3) is 0 Å². The molecule has 3 rings (SSSR count). The molecule has 6 heteroatoms. The fraction of sp³-hybridized carbons (Fsp3) is 0.350. The van der Waals surface area contributed by atoms with Gasteiger partial charge in [0.2, 0.25) is 0 Å². The number of likely N-dealkylation sites (tertiary alicyclic amines) is 1. The zero-order chi connectivity index (χ0) is 18.5. The van der Waals surface area contributed by atoms with Gasteiger partial charge in [-0.1, -0.05) is 28.1 Å². The molecule has 0 radical (unpaired) electrons. The molecule has 0 bridgehead atoms. The average molecular weight is 419 g/mol. The highest BCUT2D eigenvalue weighted by Crippen LogP contribution is 2.38. The summed E-state index contributed by atoms with van der Waals surface area (Å²) >= 11 is 3.46. The molecule has 1 aliphatic heterocycles. The van der Waals surface area contributed by atoms with E-state index in [2.05, 4.69) is 21.2 Å². The number of rotatable bonds is 5. The van der Waals surface area contributed by atoms with Gasteiger partial charge in [0.15, 0.2) is 0 Å². The van der Waals surface area contributed by atoms with Gasteiger partial charge in [-0.3, -0.25) is 0 Å². The summed E-state index contributed by atoms with van der Waals surface area (Å²) in [4.78, 5) is 14.7. The maximum Gasteiger partial charge on any atom is 0.318 e. The van der Waals surface area contributed by atoms with Crippen LogP contribution >= 0.6 is 15.9 Å². The van der Waals surface area contributed by atoms with E-state index in [4.69, 9.17) is 9.47 Å². The Balaban J connectivity index is 1.74. The molecule has 1 unspecified atom stereocenters. The Kier molecular flexibility index (Phi) is 6.04. The second kappa shape index (κ2) is 8.45. The minimum Gasteiger partial charge on any atom is -0.497 e. The van der Waals surface area contributed by atoms with Crippen LogP contribution < -0.4 is 14.8 Å². The lowest BCUT2D eigenvalue weighted by Gasteiger charge is -2.27. The Morgan fingerprint density at radius 3 is 2.81 bits per heavy atom. The van der Waals surface area contributed by atoms with Crippen LogP contribution in [0.15, 0.2) is 46.9 Å². The molecule has 1 fully saturated rings. The molecule has 138 valence electrons. The molecule has 1 saturated heterocycles. The molecule has 1 aliphatic rings. The number of urea groups is 1. The number of amides is 2. The number of hydrogen-bond acceptors (Lipinski definition) is 3. The molecular weight excluding hydrogens is 396 g/mol. The Morgan fingerprint density at radius 1 is 1.23 bits per heavy atom. The standard InChI is InChI=1S/C20H23BrN2O3/c1-25-16-8-9-19(26-2)17(12-16)18-7-4-10-23(18)20(24)22-13-14-5-3-6-15(21)11-14/h3,5-6,8-9,11-12,18H,4,7,10,13H2,1-2H3,(H,22,24). The lowest BCUT2D eigenvalue weighted by Crippen LogP contribution is -2.39. The van der Waals surface area contributed by atoms with Gasteiger partial charge in [0.05, 0.1) is 20.3 Å². The maximum atomic E-state index is 12.8. The number of halogens is 1. The molecule has 2 aromatic rings. The highest BCUT2D eigenvalue weighted by molar-refractivity contribution is 9.10. The first-order valence-corrected chi connectivity index (χ1v) is 9.42. The summed E-state index contributed by atoms with van der Waals surface area (Å²) in [5.41, 5.74) is 2.05. The van der Waals surface area contributed by atoms with E-state index in [-0.39, 0.29) is 12.1 Å². The van der Waals surface area contributed by atoms with Gasteiger partial charge < -0.3 is 19.7 Å². The van der Waals surface area contributed by atoms with Gasteiger partial charge in [0, 0.05) is 23.1 Å². The molecule has 0 spiro atoms. The smallest absolute Gasteiger partial charge is 0.318 e. The third-order valence-electron chi connectivity index (χ3n) is 4.64. The monoisotopic (exact) mass is 418 g/mol. The maximum absolute atomic E-state index is 12.8. The molecular formula is C20H23BrN2O3. The van der Waals surface area contributed by atoms with Crippen molar-refractivity contribution in [2.24, 2.45) is 0 Å². The van der Waals surface area contributed by atoms with Crippen molar-refractivity contribution in [2.45, 2.75) is 25.4 Å². The van der Waals surface area contributed by atoms with Gasteiger partial charge in [-0.05, 0) is 48.7 Å². The van der Waals surface area contributed by atoms with Crippen molar-refractivity contribution in [3.8, 4) is 11.5 Å². The van der Waals surface area contributed by atoms with Crippen LogP contribution in [0.2, 0.25) is 0 Å². The summed E-state index contributed by atoms with van der Waals surface area (Å²) in [5.74, 6) is 1.55. The van der Waals surface area contributed by atoms with Gasteiger partial charge in [0.1, 0.15) is 11.5 Å². The topological polar surface area (TPSA) is 50.8 Å². The molecule has 0 aliphatic carbocycles. The number of methoxy groups -OCH3 is 2. The average Bonchev–Trinajstić information content (AvgIpc) is 3.15. The molecule has 1 atom stereocenters. The van der Waals surface area contributed by atoms with E-state index in [1.54, 1.807) is 14.2 Å². The number of nitrogens with zero attached hydrogens (tertiary/aromatic N) is 1. The van der Waals surface area contributed by atoms with Gasteiger partial charge in [-0.25, -0.2) is 4.79 Å². The Bertz CT molecular complexity index is 781. The van der Waals surface area contributed by atoms with Crippen molar-refractivity contribution in [2.75, 3.05) is 20.8 Å². The quantitative estimate of drug-likeness (QED) is 0.776. The van der Waals surface area contributed by atoms with E-state index in [0.717, 1.165) is 46.5 Å². The first-order valence-electron chi connectivity index (χ1n) is 8.63. The highest BCUT2D eigenvalue weighted by Gasteiger charge is 2.32. The molecule has 5 nitrogen and oxygen atoms in total. The molecule has 1 N–H and O–H groups in total. The van der Waals surface area contributed by atoms with Crippen molar-refractivity contribution >= 4 is 22.0 Å². The predicted octanol–water partition coefficient (Wildman–Crippen LogP) is 4.51. The normalized spacial score (nSPS) is 16.4. The summed E-state index contributed by atoms with van der Waals surface area (Å²) in [5, 5.41) is 3.03. The Hall–Kier alpha value is -2.21. The van der Waals surface area contributed by atoms with E-state index in [9.17, 15) is 4.79 Å². The summed E-state index contributed by atoms with van der Waals surface area (Å²) < 4.78 is 11.9. The van der Waals surface area contributed by atoms with E-state index in [1.807, 2.05) is 47.4 Å². The number of benzene rings is 2. The second-order valence-electron chi connectivity index (χ2n) is 6.25. The molecule has 0 aromatic heterocycles. The van der Waals surface area contributed by atoms with Crippen molar-refractivity contribution in [3.63, 3.8) is 0 Å². The Morgan fingerprint density at radius 2 is 2.08 bits per heavy atom. The largest absolute Gasteiger partial charge is 0.497 e. The van der Waals surface area contributed by atoms with Gasteiger partial charge in [-0.15, -0.1) is 0 Å². The van der Waals surface area contributed by atoms with Crippen LogP contribution in [-0.2, 0) is 6.54 Å².